The Morgan fingerprint density at radius 1 is 0.880 bits per heavy atom. The first-order valence-electron chi connectivity index (χ1n) is 9.23. The minimum atomic E-state index is -1.66. The van der Waals surface area contributed by atoms with Crippen molar-refractivity contribution in [3.05, 3.63) is 0 Å². The molecular formula is C17H36O6Si2. The van der Waals surface area contributed by atoms with Crippen molar-refractivity contribution in [3.63, 3.8) is 0 Å². The zero-order valence-corrected chi connectivity index (χ0v) is 18.6. The van der Waals surface area contributed by atoms with Gasteiger partial charge in [0, 0.05) is 6.61 Å². The zero-order valence-electron chi connectivity index (χ0n) is 16.6. The molecule has 8 heteroatoms. The molecular weight excluding hydrogens is 356 g/mol. The number of carbonyl (C=O) groups is 2. The fourth-order valence-electron chi connectivity index (χ4n) is 2.65. The molecule has 148 valence electrons. The summed E-state index contributed by atoms with van der Waals surface area (Å²) in [6.45, 7) is 12.5. The normalized spacial score (nSPS) is 12.2. The SMILES string of the molecule is CCCC[Si](C)(C)O[Si](C)(C)CCCOCCOC(=O)CCC(=O)O. The third-order valence-corrected chi connectivity index (χ3v) is 11.3. The predicted molar refractivity (Wildman–Crippen MR) is 104 cm³/mol. The average molecular weight is 393 g/mol. The molecule has 0 unspecified atom stereocenters. The zero-order chi connectivity index (χ0) is 19.3. The molecule has 25 heavy (non-hydrogen) atoms. The van der Waals surface area contributed by atoms with Crippen LogP contribution in [0.5, 0.6) is 0 Å². The maximum Gasteiger partial charge on any atom is 0.306 e. The highest BCUT2D eigenvalue weighted by atomic mass is 28.4. The summed E-state index contributed by atoms with van der Waals surface area (Å²) in [6, 6.07) is 2.29. The molecule has 0 fully saturated rings. The minimum Gasteiger partial charge on any atom is -0.481 e. The van der Waals surface area contributed by atoms with Crippen LogP contribution in [0.4, 0.5) is 0 Å². The highest BCUT2D eigenvalue weighted by molar-refractivity contribution is 6.84. The molecule has 0 saturated heterocycles. The van der Waals surface area contributed by atoms with Gasteiger partial charge in [-0.25, -0.2) is 0 Å². The van der Waals surface area contributed by atoms with Crippen molar-refractivity contribution in [1.82, 2.24) is 0 Å². The monoisotopic (exact) mass is 392 g/mol. The van der Waals surface area contributed by atoms with E-state index in [1.165, 1.54) is 18.9 Å². The number of ether oxygens (including phenoxy) is 2. The molecule has 1 N–H and O–H groups in total. The van der Waals surface area contributed by atoms with E-state index in [9.17, 15) is 9.59 Å². The van der Waals surface area contributed by atoms with Crippen LogP contribution >= 0.6 is 0 Å². The lowest BCUT2D eigenvalue weighted by Gasteiger charge is -2.34. The van der Waals surface area contributed by atoms with Crippen LogP contribution in [0.1, 0.15) is 39.0 Å². The van der Waals surface area contributed by atoms with E-state index in [-0.39, 0.29) is 19.4 Å². The van der Waals surface area contributed by atoms with Crippen LogP contribution in [0.3, 0.4) is 0 Å². The number of esters is 1. The van der Waals surface area contributed by atoms with Crippen molar-refractivity contribution in [1.29, 1.82) is 0 Å². The number of aliphatic carboxylic acids is 1. The van der Waals surface area contributed by atoms with Gasteiger partial charge in [0.1, 0.15) is 6.61 Å². The van der Waals surface area contributed by atoms with E-state index in [0.29, 0.717) is 13.2 Å². The molecule has 0 rings (SSSR count). The molecule has 0 radical (unpaired) electrons. The van der Waals surface area contributed by atoms with Crippen LogP contribution in [0.15, 0.2) is 0 Å². The number of carboxylic acid groups (broad SMARTS) is 1. The summed E-state index contributed by atoms with van der Waals surface area (Å²) < 4.78 is 16.9. The second-order valence-corrected chi connectivity index (χ2v) is 16.4. The summed E-state index contributed by atoms with van der Waals surface area (Å²) in [6.07, 6.45) is 3.13. The molecule has 0 aliphatic carbocycles. The van der Waals surface area contributed by atoms with E-state index >= 15 is 0 Å². The molecule has 0 heterocycles. The van der Waals surface area contributed by atoms with E-state index in [1.54, 1.807) is 0 Å². The molecule has 0 amide bonds. The highest BCUT2D eigenvalue weighted by Gasteiger charge is 2.31. The molecule has 0 bridgehead atoms. The molecule has 6 nitrogen and oxygen atoms in total. The standard InChI is InChI=1S/C17H36O6Si2/c1-6-7-14-24(2,3)23-25(4,5)15-8-11-21-12-13-22-17(20)10-9-16(18)19/h6-15H2,1-5H3,(H,18,19). The molecule has 0 aliphatic rings. The fraction of sp³-hybridized carbons (Fsp3) is 0.882. The van der Waals surface area contributed by atoms with Crippen LogP contribution in [0.2, 0.25) is 38.3 Å². The minimum absolute atomic E-state index is 0.0931. The van der Waals surface area contributed by atoms with Crippen molar-refractivity contribution in [2.24, 2.45) is 0 Å². The van der Waals surface area contributed by atoms with Gasteiger partial charge in [0.25, 0.3) is 0 Å². The number of unbranched alkanes of at least 4 members (excludes halogenated alkanes) is 1. The third kappa shape index (κ3) is 15.3. The van der Waals surface area contributed by atoms with Crippen molar-refractivity contribution in [3.8, 4) is 0 Å². The van der Waals surface area contributed by atoms with Gasteiger partial charge in [-0.15, -0.1) is 0 Å². The van der Waals surface area contributed by atoms with Crippen LogP contribution < -0.4 is 0 Å². The molecule has 0 aromatic carbocycles. The second-order valence-electron chi connectivity index (χ2n) is 7.56. The second kappa shape index (κ2) is 12.6. The lowest BCUT2D eigenvalue weighted by molar-refractivity contribution is -0.148. The van der Waals surface area contributed by atoms with Crippen LogP contribution in [-0.2, 0) is 23.2 Å². The summed E-state index contributed by atoms with van der Waals surface area (Å²) in [5.41, 5.74) is 0. The molecule has 0 atom stereocenters. The lowest BCUT2D eigenvalue weighted by atomic mass is 10.3. The predicted octanol–water partition coefficient (Wildman–Crippen LogP) is 4.03. The summed E-state index contributed by atoms with van der Waals surface area (Å²) >= 11 is 0. The van der Waals surface area contributed by atoms with Crippen molar-refractivity contribution < 1.29 is 28.3 Å². The Labute approximate surface area is 154 Å². The Hall–Kier alpha value is -0.706. The largest absolute Gasteiger partial charge is 0.481 e. The van der Waals surface area contributed by atoms with E-state index in [2.05, 4.69) is 33.1 Å². The van der Waals surface area contributed by atoms with E-state index in [0.717, 1.165) is 12.5 Å². The maximum absolute atomic E-state index is 11.2. The summed E-state index contributed by atoms with van der Waals surface area (Å²) in [7, 11) is -3.20. The number of hydrogen-bond donors (Lipinski definition) is 1. The van der Waals surface area contributed by atoms with Gasteiger partial charge >= 0.3 is 11.9 Å². The lowest BCUT2D eigenvalue weighted by Crippen LogP contribution is -2.44. The number of hydrogen-bond acceptors (Lipinski definition) is 5. The molecule has 0 saturated carbocycles. The maximum atomic E-state index is 11.2. The summed E-state index contributed by atoms with van der Waals surface area (Å²) in [5.74, 6) is -1.49. The highest BCUT2D eigenvalue weighted by Crippen LogP contribution is 2.24. The number of carboxylic acids is 1. The number of carbonyl (C=O) groups excluding carboxylic acids is 1. The van der Waals surface area contributed by atoms with E-state index in [1.807, 2.05) is 0 Å². The van der Waals surface area contributed by atoms with Crippen molar-refractivity contribution in [2.45, 2.75) is 77.3 Å². The van der Waals surface area contributed by atoms with Gasteiger partial charge in [-0.05, 0) is 44.7 Å². The van der Waals surface area contributed by atoms with Gasteiger partial charge in [0.2, 0.25) is 0 Å². The first kappa shape index (κ1) is 24.3. The van der Waals surface area contributed by atoms with Gasteiger partial charge in [0.15, 0.2) is 16.6 Å². The van der Waals surface area contributed by atoms with E-state index < -0.39 is 28.6 Å². The number of rotatable bonds is 15. The van der Waals surface area contributed by atoms with Crippen LogP contribution in [0.25, 0.3) is 0 Å². The van der Waals surface area contributed by atoms with Gasteiger partial charge in [0.05, 0.1) is 19.4 Å². The fourth-order valence-corrected chi connectivity index (χ4v) is 11.7. The van der Waals surface area contributed by atoms with Gasteiger partial charge in [-0.3, -0.25) is 9.59 Å². The Balaban J connectivity index is 3.75. The van der Waals surface area contributed by atoms with Gasteiger partial charge in [-0.1, -0.05) is 19.8 Å². The van der Waals surface area contributed by atoms with Crippen molar-refractivity contribution in [2.75, 3.05) is 19.8 Å². The Bertz CT molecular complexity index is 399. The topological polar surface area (TPSA) is 82.1 Å². The Kier molecular flexibility index (Phi) is 12.3. The van der Waals surface area contributed by atoms with Gasteiger partial charge in [-0.2, -0.15) is 0 Å². The first-order valence-corrected chi connectivity index (χ1v) is 15.5. The van der Waals surface area contributed by atoms with E-state index in [4.69, 9.17) is 18.7 Å². The van der Waals surface area contributed by atoms with Crippen LogP contribution in [-0.4, -0.2) is 53.5 Å². The van der Waals surface area contributed by atoms with Crippen LogP contribution in [0, 0.1) is 0 Å². The summed E-state index contributed by atoms with van der Waals surface area (Å²) in [4.78, 5) is 21.6. The Morgan fingerprint density at radius 2 is 1.48 bits per heavy atom. The quantitative estimate of drug-likeness (QED) is 0.257. The molecule has 0 aliphatic heterocycles. The summed E-state index contributed by atoms with van der Waals surface area (Å²) in [5, 5.41) is 8.47. The first-order chi connectivity index (χ1) is 11.6. The average Bonchev–Trinajstić information content (AvgIpc) is 2.49. The molecule has 0 spiro atoms. The molecule has 0 aromatic heterocycles. The smallest absolute Gasteiger partial charge is 0.306 e. The Morgan fingerprint density at radius 3 is 2.04 bits per heavy atom. The van der Waals surface area contributed by atoms with Crippen molar-refractivity contribution >= 4 is 28.6 Å². The third-order valence-electron chi connectivity index (χ3n) is 3.79. The molecule has 0 aromatic rings. The van der Waals surface area contributed by atoms with Gasteiger partial charge < -0.3 is 18.7 Å².